The maximum Gasteiger partial charge on any atom is 0.255 e. The van der Waals surface area contributed by atoms with Gasteiger partial charge in [0.05, 0.1) is 23.9 Å². The molecule has 8 nitrogen and oxygen atoms in total. The molecule has 1 saturated heterocycles. The highest BCUT2D eigenvalue weighted by molar-refractivity contribution is 7.96. The average molecular weight is 521 g/mol. The molecule has 1 aromatic heterocycles. The zero-order valence-electron chi connectivity index (χ0n) is 21.9. The quantitative estimate of drug-likeness (QED) is 0.461. The molecule has 0 saturated carbocycles. The number of aliphatic imine (C=N–C) groups is 3. The van der Waals surface area contributed by atoms with Crippen molar-refractivity contribution in [1.82, 2.24) is 19.9 Å². The lowest BCUT2D eigenvalue weighted by atomic mass is 9.95. The summed E-state index contributed by atoms with van der Waals surface area (Å²) in [5, 5.41) is 6.37. The number of anilines is 1. The smallest absolute Gasteiger partial charge is 0.255 e. The molecule has 198 valence electrons. The number of nitrogens with zero attached hydrogens (tertiary/aromatic N) is 6. The van der Waals surface area contributed by atoms with Crippen molar-refractivity contribution >= 4 is 40.7 Å². The Bertz CT molecular complexity index is 990. The first-order valence-corrected chi connectivity index (χ1v) is 13.6. The Morgan fingerprint density at radius 1 is 1.22 bits per heavy atom. The minimum Gasteiger partial charge on any atom is -0.356 e. The molecule has 0 radical (unpaired) electrons. The molecule has 1 atom stereocenters. The van der Waals surface area contributed by atoms with Gasteiger partial charge < -0.3 is 15.5 Å². The van der Waals surface area contributed by atoms with Crippen molar-refractivity contribution in [2.24, 2.45) is 20.9 Å². The van der Waals surface area contributed by atoms with Gasteiger partial charge in [0.15, 0.2) is 5.84 Å². The lowest BCUT2D eigenvalue weighted by Gasteiger charge is -2.31. The Labute approximate surface area is 217 Å². The van der Waals surface area contributed by atoms with Crippen LogP contribution in [0.2, 0.25) is 0 Å². The summed E-state index contributed by atoms with van der Waals surface area (Å²) in [6, 6.07) is 4.01. The first kappa shape index (κ1) is 28.2. The van der Waals surface area contributed by atoms with E-state index in [2.05, 4.69) is 55.0 Å². The monoisotopic (exact) mass is 520 g/mol. The second-order valence-electron chi connectivity index (χ2n) is 8.74. The molecular weight excluding hydrogens is 482 g/mol. The lowest BCUT2D eigenvalue weighted by Crippen LogP contribution is -2.47. The fourth-order valence-corrected chi connectivity index (χ4v) is 4.37. The van der Waals surface area contributed by atoms with Gasteiger partial charge in [-0.25, -0.2) is 13.8 Å². The van der Waals surface area contributed by atoms with E-state index >= 15 is 0 Å². The number of hydrogen-bond donors (Lipinski definition) is 2. The molecular formula is C25H38F2N8S. The van der Waals surface area contributed by atoms with Crippen LogP contribution in [0.15, 0.2) is 39.4 Å². The number of allylic oxidation sites excluding steroid dienone is 1. The van der Waals surface area contributed by atoms with Crippen molar-refractivity contribution < 1.29 is 8.78 Å². The summed E-state index contributed by atoms with van der Waals surface area (Å²) < 4.78 is 31.0. The Kier molecular flexibility index (Phi) is 10.4. The van der Waals surface area contributed by atoms with Crippen LogP contribution in [0.3, 0.4) is 0 Å². The summed E-state index contributed by atoms with van der Waals surface area (Å²) >= 11 is 1.71. The molecule has 1 fully saturated rings. The summed E-state index contributed by atoms with van der Waals surface area (Å²) in [6.45, 7) is 7.81. The molecule has 11 heteroatoms. The topological polar surface area (TPSA) is 80.5 Å². The van der Waals surface area contributed by atoms with Gasteiger partial charge >= 0.3 is 0 Å². The molecule has 3 rings (SSSR count). The number of amidine groups is 1. The van der Waals surface area contributed by atoms with Crippen LogP contribution >= 0.6 is 11.9 Å². The largest absolute Gasteiger partial charge is 0.356 e. The van der Waals surface area contributed by atoms with Crippen molar-refractivity contribution in [2.45, 2.75) is 26.2 Å². The van der Waals surface area contributed by atoms with Crippen LogP contribution in [-0.2, 0) is 0 Å². The van der Waals surface area contributed by atoms with Crippen LogP contribution in [0.5, 0.6) is 0 Å². The second kappa shape index (κ2) is 13.3. The number of halogens is 2. The zero-order valence-corrected chi connectivity index (χ0v) is 22.7. The number of pyridine rings is 1. The molecule has 1 aromatic rings. The van der Waals surface area contributed by atoms with Crippen molar-refractivity contribution in [3.8, 4) is 0 Å². The highest BCUT2D eigenvalue weighted by Crippen LogP contribution is 2.30. The molecule has 0 spiro atoms. The fraction of sp³-hybridized carbons (Fsp3) is 0.600. The van der Waals surface area contributed by atoms with E-state index in [-0.39, 0.29) is 19.5 Å². The molecule has 2 N–H and O–H groups in total. The van der Waals surface area contributed by atoms with Gasteiger partial charge in [-0.05, 0) is 45.4 Å². The normalized spacial score (nSPS) is 23.3. The van der Waals surface area contributed by atoms with Crippen molar-refractivity contribution in [3.05, 3.63) is 30.0 Å². The SMILES string of the molecule is CCN=C1C(=NC)C=C(c2ccc(N(CC)CCN(C)SC)nc2)NC1=NCC1CNCCC1(F)F. The van der Waals surface area contributed by atoms with Gasteiger partial charge in [0.25, 0.3) is 5.92 Å². The third-order valence-corrected chi connectivity index (χ3v) is 7.22. The predicted molar refractivity (Wildman–Crippen MR) is 149 cm³/mol. The van der Waals surface area contributed by atoms with Gasteiger partial charge in [-0.15, -0.1) is 0 Å². The van der Waals surface area contributed by atoms with Crippen LogP contribution in [-0.4, -0.2) is 98.6 Å². The predicted octanol–water partition coefficient (Wildman–Crippen LogP) is 3.24. The summed E-state index contributed by atoms with van der Waals surface area (Å²) in [6.07, 6.45) is 5.63. The van der Waals surface area contributed by atoms with E-state index in [0.29, 0.717) is 30.3 Å². The Hall–Kier alpha value is -2.37. The average Bonchev–Trinajstić information content (AvgIpc) is 2.89. The molecule has 2 aliphatic heterocycles. The van der Waals surface area contributed by atoms with Gasteiger partial charge in [0, 0.05) is 64.5 Å². The lowest BCUT2D eigenvalue weighted by molar-refractivity contribution is -0.0740. The number of aromatic nitrogens is 1. The number of likely N-dealkylation sites (N-methyl/N-ethyl adjacent to an activating group) is 2. The molecule has 0 amide bonds. The Balaban J connectivity index is 1.83. The van der Waals surface area contributed by atoms with Crippen molar-refractivity contribution in [2.75, 3.05) is 71.1 Å². The van der Waals surface area contributed by atoms with E-state index in [0.717, 1.165) is 36.7 Å². The molecule has 2 aliphatic rings. The number of alkyl halides is 2. The van der Waals surface area contributed by atoms with Crippen LogP contribution in [0.4, 0.5) is 14.6 Å². The number of rotatable bonds is 10. The summed E-state index contributed by atoms with van der Waals surface area (Å²) in [7, 11) is 3.77. The fourth-order valence-electron chi connectivity index (χ4n) is 4.11. The molecule has 3 heterocycles. The maximum absolute atomic E-state index is 14.4. The summed E-state index contributed by atoms with van der Waals surface area (Å²) in [4.78, 5) is 20.5. The van der Waals surface area contributed by atoms with Crippen LogP contribution in [0, 0.1) is 5.92 Å². The van der Waals surface area contributed by atoms with E-state index in [1.54, 1.807) is 19.0 Å². The molecule has 0 aromatic carbocycles. The first-order valence-electron chi connectivity index (χ1n) is 12.4. The zero-order chi connectivity index (χ0) is 26.1. The van der Waals surface area contributed by atoms with Crippen molar-refractivity contribution in [3.63, 3.8) is 0 Å². The number of hydrogen-bond acceptors (Lipinski definition) is 8. The highest BCUT2D eigenvalue weighted by atomic mass is 32.2. The van der Waals surface area contributed by atoms with Gasteiger partial charge in [-0.3, -0.25) is 19.3 Å². The number of piperidine rings is 1. The second-order valence-corrected chi connectivity index (χ2v) is 9.72. The summed E-state index contributed by atoms with van der Waals surface area (Å²) in [5.41, 5.74) is 2.89. The van der Waals surface area contributed by atoms with E-state index in [1.807, 2.05) is 31.3 Å². The van der Waals surface area contributed by atoms with E-state index < -0.39 is 11.8 Å². The van der Waals surface area contributed by atoms with Crippen LogP contribution in [0.25, 0.3) is 5.70 Å². The number of nitrogens with one attached hydrogen (secondary N) is 2. The van der Waals surface area contributed by atoms with Crippen LogP contribution in [0.1, 0.15) is 25.8 Å². The molecule has 0 bridgehead atoms. The van der Waals surface area contributed by atoms with E-state index in [1.165, 1.54) is 0 Å². The maximum atomic E-state index is 14.4. The molecule has 36 heavy (non-hydrogen) atoms. The van der Waals surface area contributed by atoms with Crippen LogP contribution < -0.4 is 15.5 Å². The first-order chi connectivity index (χ1) is 17.3. The minimum absolute atomic E-state index is 0.00246. The standard InChI is InChI=1S/C25H38F2N8S/c1-6-30-23-21(28-3)14-20(33-24(23)32-17-19-16-29-11-10-25(19,26)27)18-8-9-22(31-15-18)35(7-2)13-12-34(4)36-5/h8-9,14-15,19,29H,6-7,10-13,16-17H2,1-5H3,(H,32,33). The van der Waals surface area contributed by atoms with Crippen molar-refractivity contribution in [1.29, 1.82) is 0 Å². The Morgan fingerprint density at radius 3 is 2.64 bits per heavy atom. The van der Waals surface area contributed by atoms with Gasteiger partial charge in [-0.1, -0.05) is 11.9 Å². The molecule has 0 aliphatic carbocycles. The highest BCUT2D eigenvalue weighted by Gasteiger charge is 2.41. The van der Waals surface area contributed by atoms with Gasteiger partial charge in [0.2, 0.25) is 0 Å². The third-order valence-electron chi connectivity index (χ3n) is 6.41. The summed E-state index contributed by atoms with van der Waals surface area (Å²) in [5.74, 6) is -2.21. The third kappa shape index (κ3) is 7.10. The van der Waals surface area contributed by atoms with Gasteiger partial charge in [-0.2, -0.15) is 0 Å². The minimum atomic E-state index is -2.73. The molecule has 1 unspecified atom stereocenters. The van der Waals surface area contributed by atoms with E-state index in [4.69, 9.17) is 4.98 Å². The Morgan fingerprint density at radius 2 is 2.03 bits per heavy atom. The van der Waals surface area contributed by atoms with Gasteiger partial charge in [0.1, 0.15) is 11.5 Å². The van der Waals surface area contributed by atoms with E-state index in [9.17, 15) is 8.78 Å².